The lowest BCUT2D eigenvalue weighted by Gasteiger charge is -2.31. The molecule has 0 amide bonds. The molecule has 2 aliphatic rings. The number of rotatable bonds is 1. The molecule has 0 aliphatic heterocycles. The van der Waals surface area contributed by atoms with Crippen molar-refractivity contribution in [3.05, 3.63) is 11.1 Å². The molecule has 3 atom stereocenters. The van der Waals surface area contributed by atoms with Gasteiger partial charge in [-0.05, 0) is 44.9 Å². The van der Waals surface area contributed by atoms with Crippen molar-refractivity contribution in [1.82, 2.24) is 0 Å². The van der Waals surface area contributed by atoms with Crippen molar-refractivity contribution in [3.8, 4) is 0 Å². The smallest absolute Gasteiger partial charge is 0.133 e. The van der Waals surface area contributed by atoms with Crippen LogP contribution in [0.5, 0.6) is 0 Å². The Labute approximate surface area is 80.2 Å². The van der Waals surface area contributed by atoms with Gasteiger partial charge in [-0.2, -0.15) is 0 Å². The second-order valence-corrected chi connectivity index (χ2v) is 5.03. The summed E-state index contributed by atoms with van der Waals surface area (Å²) in [5.41, 5.74) is 3.25. The second-order valence-electron chi connectivity index (χ2n) is 5.03. The molecule has 1 fully saturated rings. The maximum Gasteiger partial charge on any atom is 0.133 e. The van der Waals surface area contributed by atoms with Gasteiger partial charge in [-0.3, -0.25) is 4.79 Å². The van der Waals surface area contributed by atoms with Crippen molar-refractivity contribution in [2.24, 2.45) is 17.3 Å². The van der Waals surface area contributed by atoms with Crippen LogP contribution in [0.1, 0.15) is 40.5 Å². The lowest BCUT2D eigenvalue weighted by atomic mass is 9.72. The van der Waals surface area contributed by atoms with Crippen LogP contribution >= 0.6 is 0 Å². The SMILES string of the molecule is CC(=O)C1C[C@@H]2C[C@@]1(C)C(C)=C2C. The molecule has 0 spiro atoms. The third-order valence-electron chi connectivity index (χ3n) is 4.51. The number of fused-ring (bicyclic) bond motifs is 2. The molecule has 0 N–H and O–H groups in total. The van der Waals surface area contributed by atoms with Gasteiger partial charge in [0.2, 0.25) is 0 Å². The van der Waals surface area contributed by atoms with Gasteiger partial charge in [0, 0.05) is 5.92 Å². The van der Waals surface area contributed by atoms with Gasteiger partial charge in [-0.15, -0.1) is 0 Å². The number of hydrogen-bond donors (Lipinski definition) is 0. The molecule has 0 saturated heterocycles. The predicted molar refractivity (Wildman–Crippen MR) is 53.4 cm³/mol. The van der Waals surface area contributed by atoms with Crippen LogP contribution in [0.4, 0.5) is 0 Å². The summed E-state index contributed by atoms with van der Waals surface area (Å²) in [4.78, 5) is 11.5. The molecule has 1 unspecified atom stereocenters. The maximum absolute atomic E-state index is 11.5. The van der Waals surface area contributed by atoms with Crippen LogP contribution in [0.3, 0.4) is 0 Å². The molecule has 1 nitrogen and oxygen atoms in total. The lowest BCUT2D eigenvalue weighted by molar-refractivity contribution is -0.123. The highest BCUT2D eigenvalue weighted by molar-refractivity contribution is 5.80. The van der Waals surface area contributed by atoms with E-state index in [4.69, 9.17) is 0 Å². The molecule has 0 heterocycles. The lowest BCUT2D eigenvalue weighted by Crippen LogP contribution is -2.29. The van der Waals surface area contributed by atoms with E-state index in [1.54, 1.807) is 12.5 Å². The number of Topliss-reactive ketones (excluding diaryl/α,β-unsaturated/α-hetero) is 1. The van der Waals surface area contributed by atoms with Crippen LogP contribution < -0.4 is 0 Å². The number of hydrogen-bond acceptors (Lipinski definition) is 1. The van der Waals surface area contributed by atoms with Gasteiger partial charge in [0.25, 0.3) is 0 Å². The summed E-state index contributed by atoms with van der Waals surface area (Å²) >= 11 is 0. The maximum atomic E-state index is 11.5. The van der Waals surface area contributed by atoms with E-state index in [1.165, 1.54) is 12.0 Å². The Morgan fingerprint density at radius 3 is 2.46 bits per heavy atom. The molecule has 0 aromatic heterocycles. The molecular weight excluding hydrogens is 160 g/mol. The Bertz CT molecular complexity index is 300. The molecular formula is C12H18O. The van der Waals surface area contributed by atoms with Crippen molar-refractivity contribution in [3.63, 3.8) is 0 Å². The first-order valence-electron chi connectivity index (χ1n) is 5.15. The van der Waals surface area contributed by atoms with Gasteiger partial charge in [-0.25, -0.2) is 0 Å². The number of carbonyl (C=O) groups excluding carboxylic acids is 1. The minimum absolute atomic E-state index is 0.209. The molecule has 2 bridgehead atoms. The van der Waals surface area contributed by atoms with Gasteiger partial charge in [0.1, 0.15) is 5.78 Å². The molecule has 0 aromatic carbocycles. The van der Waals surface area contributed by atoms with Crippen LogP contribution in [0, 0.1) is 17.3 Å². The van der Waals surface area contributed by atoms with Crippen LogP contribution in [-0.2, 0) is 4.79 Å². The topological polar surface area (TPSA) is 17.1 Å². The minimum Gasteiger partial charge on any atom is -0.300 e. The summed E-state index contributed by atoms with van der Waals surface area (Å²) in [6.07, 6.45) is 2.32. The Morgan fingerprint density at radius 2 is 2.08 bits per heavy atom. The highest BCUT2D eigenvalue weighted by Crippen LogP contribution is 2.60. The number of allylic oxidation sites excluding steroid dienone is 2. The van der Waals surface area contributed by atoms with E-state index in [0.29, 0.717) is 17.6 Å². The van der Waals surface area contributed by atoms with E-state index < -0.39 is 0 Å². The Hall–Kier alpha value is -0.590. The van der Waals surface area contributed by atoms with Crippen LogP contribution in [-0.4, -0.2) is 5.78 Å². The fraction of sp³-hybridized carbons (Fsp3) is 0.750. The second kappa shape index (κ2) is 2.46. The van der Waals surface area contributed by atoms with Gasteiger partial charge < -0.3 is 0 Å². The number of carbonyl (C=O) groups is 1. The Balaban J connectivity index is 2.41. The third kappa shape index (κ3) is 0.962. The summed E-state index contributed by atoms with van der Waals surface area (Å²) in [6.45, 7) is 8.47. The van der Waals surface area contributed by atoms with Gasteiger partial charge in [0.15, 0.2) is 0 Å². The summed E-state index contributed by atoms with van der Waals surface area (Å²) in [7, 11) is 0. The molecule has 1 heteroatoms. The van der Waals surface area contributed by atoms with Crippen molar-refractivity contribution >= 4 is 5.78 Å². The fourth-order valence-corrected chi connectivity index (χ4v) is 3.40. The van der Waals surface area contributed by atoms with E-state index in [-0.39, 0.29) is 5.41 Å². The number of ketones is 1. The fourth-order valence-electron chi connectivity index (χ4n) is 3.40. The molecule has 13 heavy (non-hydrogen) atoms. The minimum atomic E-state index is 0.209. The highest BCUT2D eigenvalue weighted by Gasteiger charge is 2.52. The molecule has 2 rings (SSSR count). The zero-order chi connectivity index (χ0) is 9.80. The van der Waals surface area contributed by atoms with Crippen LogP contribution in [0.25, 0.3) is 0 Å². The van der Waals surface area contributed by atoms with Crippen molar-refractivity contribution in [2.75, 3.05) is 0 Å². The molecule has 0 aromatic rings. The zero-order valence-corrected chi connectivity index (χ0v) is 8.98. The predicted octanol–water partition coefficient (Wildman–Crippen LogP) is 2.96. The first-order chi connectivity index (χ1) is 5.97. The zero-order valence-electron chi connectivity index (χ0n) is 8.98. The van der Waals surface area contributed by atoms with E-state index in [1.807, 2.05) is 0 Å². The summed E-state index contributed by atoms with van der Waals surface area (Å²) in [5, 5.41) is 0. The molecule has 0 radical (unpaired) electrons. The first-order valence-corrected chi connectivity index (χ1v) is 5.15. The van der Waals surface area contributed by atoms with Crippen molar-refractivity contribution in [2.45, 2.75) is 40.5 Å². The highest BCUT2D eigenvalue weighted by atomic mass is 16.1. The monoisotopic (exact) mass is 178 g/mol. The Kier molecular flexibility index (Phi) is 1.70. The summed E-state index contributed by atoms with van der Waals surface area (Å²) in [5.74, 6) is 1.40. The first kappa shape index (κ1) is 8.98. The van der Waals surface area contributed by atoms with E-state index >= 15 is 0 Å². The third-order valence-corrected chi connectivity index (χ3v) is 4.51. The normalized spacial score (nSPS) is 43.1. The van der Waals surface area contributed by atoms with E-state index in [2.05, 4.69) is 20.8 Å². The summed E-state index contributed by atoms with van der Waals surface area (Å²) in [6, 6.07) is 0. The van der Waals surface area contributed by atoms with Gasteiger partial charge >= 0.3 is 0 Å². The average Bonchev–Trinajstić information content (AvgIpc) is 2.49. The quantitative estimate of drug-likeness (QED) is 0.564. The molecule has 1 saturated carbocycles. The van der Waals surface area contributed by atoms with E-state index in [0.717, 1.165) is 6.42 Å². The van der Waals surface area contributed by atoms with Crippen molar-refractivity contribution in [1.29, 1.82) is 0 Å². The van der Waals surface area contributed by atoms with Crippen molar-refractivity contribution < 1.29 is 4.79 Å². The molecule has 72 valence electrons. The summed E-state index contributed by atoms with van der Waals surface area (Å²) < 4.78 is 0. The van der Waals surface area contributed by atoms with E-state index in [9.17, 15) is 4.79 Å². The molecule has 2 aliphatic carbocycles. The van der Waals surface area contributed by atoms with Gasteiger partial charge in [-0.1, -0.05) is 18.1 Å². The Morgan fingerprint density at radius 1 is 1.46 bits per heavy atom. The standard InChI is InChI=1S/C12H18O/c1-7-8(2)12(4)6-10(7)5-11(12)9(3)13/h10-11H,5-6H2,1-4H3/t10-,11?,12+/m1/s1. The van der Waals surface area contributed by atoms with Crippen LogP contribution in [0.15, 0.2) is 11.1 Å². The van der Waals surface area contributed by atoms with Crippen LogP contribution in [0.2, 0.25) is 0 Å². The average molecular weight is 178 g/mol. The van der Waals surface area contributed by atoms with Gasteiger partial charge in [0.05, 0.1) is 0 Å². The largest absolute Gasteiger partial charge is 0.300 e.